The van der Waals surface area contributed by atoms with Crippen molar-refractivity contribution in [2.75, 3.05) is 31.1 Å². The summed E-state index contributed by atoms with van der Waals surface area (Å²) in [6.45, 7) is 8.09. The zero-order chi connectivity index (χ0) is 10.9. The normalized spacial score (nSPS) is 30.6. The maximum absolute atomic E-state index is 6.07. The Labute approximate surface area is 98.0 Å². The Bertz CT molecular complexity index is 220. The SMILES string of the molecule is CC1(C(C)(CN)N2CCCSCC2)CC1. The van der Waals surface area contributed by atoms with Crippen LogP contribution < -0.4 is 5.73 Å². The van der Waals surface area contributed by atoms with Crippen molar-refractivity contribution in [3.8, 4) is 0 Å². The summed E-state index contributed by atoms with van der Waals surface area (Å²) < 4.78 is 0. The van der Waals surface area contributed by atoms with Gasteiger partial charge in [0.25, 0.3) is 0 Å². The average molecular weight is 228 g/mol. The molecule has 0 aromatic rings. The standard InChI is InChI=1S/C12H24N2S/c1-11(4-5-11)12(2,10-13)14-6-3-8-15-9-7-14/h3-10,13H2,1-2H3. The Morgan fingerprint density at radius 1 is 1.33 bits per heavy atom. The Hall–Kier alpha value is 0.270. The Balaban J connectivity index is 2.09. The highest BCUT2D eigenvalue weighted by Gasteiger charge is 2.54. The number of rotatable bonds is 3. The lowest BCUT2D eigenvalue weighted by molar-refractivity contribution is 0.0548. The molecule has 0 bridgehead atoms. The van der Waals surface area contributed by atoms with E-state index >= 15 is 0 Å². The van der Waals surface area contributed by atoms with Crippen molar-refractivity contribution in [2.24, 2.45) is 11.1 Å². The van der Waals surface area contributed by atoms with Crippen molar-refractivity contribution >= 4 is 11.8 Å². The predicted molar refractivity (Wildman–Crippen MR) is 68.3 cm³/mol. The van der Waals surface area contributed by atoms with Gasteiger partial charge in [-0.05, 0) is 43.9 Å². The van der Waals surface area contributed by atoms with Gasteiger partial charge >= 0.3 is 0 Å². The monoisotopic (exact) mass is 228 g/mol. The van der Waals surface area contributed by atoms with E-state index in [2.05, 4.69) is 30.5 Å². The Morgan fingerprint density at radius 2 is 2.07 bits per heavy atom. The number of hydrogen-bond donors (Lipinski definition) is 1. The third-order valence-electron chi connectivity index (χ3n) is 4.62. The second-order valence-corrected chi connectivity index (χ2v) is 6.72. The third-order valence-corrected chi connectivity index (χ3v) is 5.67. The fourth-order valence-corrected chi connectivity index (χ4v) is 3.61. The van der Waals surface area contributed by atoms with Crippen LogP contribution in [-0.2, 0) is 0 Å². The van der Waals surface area contributed by atoms with Crippen LogP contribution in [0, 0.1) is 5.41 Å². The summed E-state index contributed by atoms with van der Waals surface area (Å²) in [6.07, 6.45) is 4.06. The van der Waals surface area contributed by atoms with Gasteiger partial charge in [0.1, 0.15) is 0 Å². The number of thioether (sulfide) groups is 1. The molecule has 2 fully saturated rings. The van der Waals surface area contributed by atoms with Gasteiger partial charge < -0.3 is 5.73 Å². The van der Waals surface area contributed by atoms with Crippen LogP contribution in [0.15, 0.2) is 0 Å². The Morgan fingerprint density at radius 3 is 2.67 bits per heavy atom. The summed E-state index contributed by atoms with van der Waals surface area (Å²) in [5.41, 5.74) is 6.81. The lowest BCUT2D eigenvalue weighted by Gasteiger charge is -2.45. The highest BCUT2D eigenvalue weighted by atomic mass is 32.2. The molecule has 2 rings (SSSR count). The van der Waals surface area contributed by atoms with E-state index in [1.807, 2.05) is 0 Å². The zero-order valence-electron chi connectivity index (χ0n) is 10.1. The number of nitrogens with two attached hydrogens (primary N) is 1. The van der Waals surface area contributed by atoms with Crippen LogP contribution in [0.4, 0.5) is 0 Å². The maximum Gasteiger partial charge on any atom is 0.0357 e. The van der Waals surface area contributed by atoms with Gasteiger partial charge in [-0.1, -0.05) is 6.92 Å². The molecule has 1 saturated carbocycles. The molecule has 88 valence electrons. The zero-order valence-corrected chi connectivity index (χ0v) is 10.9. The van der Waals surface area contributed by atoms with E-state index in [9.17, 15) is 0 Å². The smallest absolute Gasteiger partial charge is 0.0357 e. The van der Waals surface area contributed by atoms with Crippen LogP contribution in [0.1, 0.15) is 33.1 Å². The first-order valence-corrected chi connectivity index (χ1v) is 7.31. The first-order valence-electron chi connectivity index (χ1n) is 6.15. The van der Waals surface area contributed by atoms with Gasteiger partial charge in [0, 0.05) is 24.4 Å². The molecule has 2 nitrogen and oxygen atoms in total. The summed E-state index contributed by atoms with van der Waals surface area (Å²) in [4.78, 5) is 2.67. The summed E-state index contributed by atoms with van der Waals surface area (Å²) in [7, 11) is 0. The van der Waals surface area contributed by atoms with Gasteiger partial charge in [-0.3, -0.25) is 4.90 Å². The highest BCUT2D eigenvalue weighted by molar-refractivity contribution is 7.99. The lowest BCUT2D eigenvalue weighted by Crippen LogP contribution is -2.57. The molecule has 0 amide bonds. The molecule has 2 aliphatic rings. The molecular weight excluding hydrogens is 204 g/mol. The van der Waals surface area contributed by atoms with E-state index in [1.165, 1.54) is 43.9 Å². The van der Waals surface area contributed by atoms with Crippen molar-refractivity contribution in [2.45, 2.75) is 38.6 Å². The van der Waals surface area contributed by atoms with E-state index in [0.29, 0.717) is 5.41 Å². The fourth-order valence-electron chi connectivity index (χ4n) is 2.72. The van der Waals surface area contributed by atoms with Crippen molar-refractivity contribution in [1.29, 1.82) is 0 Å². The summed E-state index contributed by atoms with van der Waals surface area (Å²) >= 11 is 2.09. The highest BCUT2D eigenvalue weighted by Crippen LogP contribution is 2.55. The third kappa shape index (κ3) is 2.06. The molecule has 1 atom stereocenters. The van der Waals surface area contributed by atoms with Crippen LogP contribution in [0.25, 0.3) is 0 Å². The minimum atomic E-state index is 0.248. The van der Waals surface area contributed by atoms with Crippen molar-refractivity contribution in [3.05, 3.63) is 0 Å². The van der Waals surface area contributed by atoms with Crippen molar-refractivity contribution in [3.63, 3.8) is 0 Å². The average Bonchev–Trinajstić information content (AvgIpc) is 3.01. The summed E-state index contributed by atoms with van der Waals surface area (Å²) in [5.74, 6) is 2.61. The Kier molecular flexibility index (Phi) is 3.34. The van der Waals surface area contributed by atoms with Crippen LogP contribution in [0.2, 0.25) is 0 Å². The van der Waals surface area contributed by atoms with Gasteiger partial charge in [-0.15, -0.1) is 0 Å². The predicted octanol–water partition coefficient (Wildman–Crippen LogP) is 1.94. The molecule has 1 saturated heterocycles. The summed E-state index contributed by atoms with van der Waals surface area (Å²) in [5, 5.41) is 0. The molecular formula is C12H24N2S. The molecule has 3 heteroatoms. The first kappa shape index (κ1) is 11.7. The fraction of sp³-hybridized carbons (Fsp3) is 1.00. The minimum Gasteiger partial charge on any atom is -0.329 e. The molecule has 0 aromatic carbocycles. The molecule has 2 N–H and O–H groups in total. The van der Waals surface area contributed by atoms with Crippen LogP contribution in [0.5, 0.6) is 0 Å². The number of nitrogens with zero attached hydrogens (tertiary/aromatic N) is 1. The maximum atomic E-state index is 6.07. The second kappa shape index (κ2) is 4.27. The number of hydrogen-bond acceptors (Lipinski definition) is 3. The van der Waals surface area contributed by atoms with E-state index in [0.717, 1.165) is 6.54 Å². The van der Waals surface area contributed by atoms with Crippen molar-refractivity contribution in [1.82, 2.24) is 4.90 Å². The van der Waals surface area contributed by atoms with Gasteiger partial charge in [-0.2, -0.15) is 11.8 Å². The van der Waals surface area contributed by atoms with Gasteiger partial charge in [0.2, 0.25) is 0 Å². The van der Waals surface area contributed by atoms with Crippen LogP contribution in [-0.4, -0.2) is 41.6 Å². The molecule has 0 aromatic heterocycles. The van der Waals surface area contributed by atoms with Crippen molar-refractivity contribution < 1.29 is 0 Å². The first-order chi connectivity index (χ1) is 7.12. The van der Waals surface area contributed by atoms with Crippen LogP contribution in [0.3, 0.4) is 0 Å². The lowest BCUT2D eigenvalue weighted by atomic mass is 9.82. The van der Waals surface area contributed by atoms with Crippen LogP contribution >= 0.6 is 11.8 Å². The van der Waals surface area contributed by atoms with E-state index in [1.54, 1.807) is 0 Å². The van der Waals surface area contributed by atoms with E-state index in [-0.39, 0.29) is 5.54 Å². The largest absolute Gasteiger partial charge is 0.329 e. The molecule has 1 aliphatic carbocycles. The molecule has 0 radical (unpaired) electrons. The molecule has 15 heavy (non-hydrogen) atoms. The van der Waals surface area contributed by atoms with E-state index < -0.39 is 0 Å². The topological polar surface area (TPSA) is 29.3 Å². The molecule has 1 unspecified atom stereocenters. The molecule has 1 heterocycles. The summed E-state index contributed by atoms with van der Waals surface area (Å²) in [6, 6.07) is 0. The molecule has 1 aliphatic heterocycles. The van der Waals surface area contributed by atoms with Gasteiger partial charge in [-0.25, -0.2) is 0 Å². The second-order valence-electron chi connectivity index (χ2n) is 5.49. The molecule has 0 spiro atoms. The van der Waals surface area contributed by atoms with E-state index in [4.69, 9.17) is 5.73 Å². The van der Waals surface area contributed by atoms with Gasteiger partial charge in [0.15, 0.2) is 0 Å². The minimum absolute atomic E-state index is 0.248. The van der Waals surface area contributed by atoms with Gasteiger partial charge in [0.05, 0.1) is 0 Å². The quantitative estimate of drug-likeness (QED) is 0.800.